The third kappa shape index (κ3) is 2.13. The monoisotopic (exact) mass is 352 g/mol. The fourth-order valence-corrected chi connectivity index (χ4v) is 4.72. The van der Waals surface area contributed by atoms with Crippen LogP contribution in [0.15, 0.2) is 30.3 Å². The average Bonchev–Trinajstić information content (AvgIpc) is 3.33. The Morgan fingerprint density at radius 1 is 0.692 bits per heavy atom. The van der Waals surface area contributed by atoms with Crippen molar-refractivity contribution in [2.45, 2.75) is 43.8 Å². The molecule has 0 spiro atoms. The maximum Gasteiger partial charge on any atom is 0.231 e. The van der Waals surface area contributed by atoms with Gasteiger partial charge < -0.3 is 23.7 Å². The highest BCUT2D eigenvalue weighted by Gasteiger charge is 2.39. The molecule has 4 aliphatic rings. The summed E-state index contributed by atoms with van der Waals surface area (Å²) < 4.78 is 28.9. The van der Waals surface area contributed by atoms with Gasteiger partial charge in [-0.05, 0) is 53.8 Å². The van der Waals surface area contributed by atoms with Crippen molar-refractivity contribution in [2.75, 3.05) is 13.6 Å². The van der Waals surface area contributed by atoms with Crippen molar-refractivity contribution in [3.05, 3.63) is 47.0 Å². The minimum absolute atomic E-state index is 0.117. The fraction of sp³-hybridized carbons (Fsp3) is 0.429. The van der Waals surface area contributed by atoms with Crippen molar-refractivity contribution in [2.24, 2.45) is 0 Å². The molecule has 1 saturated carbocycles. The Kier molecular flexibility index (Phi) is 3.14. The molecule has 1 fully saturated rings. The third-order valence-corrected chi connectivity index (χ3v) is 5.97. The lowest BCUT2D eigenvalue weighted by Crippen LogP contribution is -2.33. The van der Waals surface area contributed by atoms with E-state index >= 15 is 0 Å². The van der Waals surface area contributed by atoms with Crippen molar-refractivity contribution in [1.29, 1.82) is 0 Å². The molecular weight excluding hydrogens is 332 g/mol. The first-order valence-electron chi connectivity index (χ1n) is 9.35. The molecule has 6 rings (SSSR count). The van der Waals surface area contributed by atoms with Crippen molar-refractivity contribution in [1.82, 2.24) is 0 Å². The number of hydrogen-bond donors (Lipinski definition) is 0. The summed E-state index contributed by atoms with van der Waals surface area (Å²) in [7, 11) is 0. The molecule has 0 bridgehead atoms. The Labute approximate surface area is 151 Å². The highest BCUT2D eigenvalue weighted by molar-refractivity contribution is 5.55. The van der Waals surface area contributed by atoms with E-state index in [0.29, 0.717) is 12.7 Å². The first-order valence-corrected chi connectivity index (χ1v) is 9.35. The number of fused-ring (bicyclic) bond motifs is 5. The van der Waals surface area contributed by atoms with Crippen molar-refractivity contribution >= 4 is 0 Å². The number of rotatable bonds is 1. The summed E-state index contributed by atoms with van der Waals surface area (Å²) in [5.74, 6) is 3.70. The highest BCUT2D eigenvalue weighted by Crippen LogP contribution is 2.51. The van der Waals surface area contributed by atoms with E-state index in [1.165, 1.54) is 30.4 Å². The smallest absolute Gasteiger partial charge is 0.231 e. The van der Waals surface area contributed by atoms with Gasteiger partial charge in [-0.3, -0.25) is 0 Å². The maximum absolute atomic E-state index is 6.63. The van der Waals surface area contributed by atoms with E-state index in [2.05, 4.69) is 18.2 Å². The van der Waals surface area contributed by atoms with Crippen LogP contribution in [0.1, 0.15) is 54.4 Å². The van der Waals surface area contributed by atoms with E-state index in [1.54, 1.807) is 0 Å². The molecule has 3 aliphatic heterocycles. The van der Waals surface area contributed by atoms with Gasteiger partial charge in [0.05, 0.1) is 6.10 Å². The summed E-state index contributed by atoms with van der Waals surface area (Å²) in [6.07, 6.45) is 4.91. The van der Waals surface area contributed by atoms with E-state index in [1.807, 2.05) is 12.1 Å². The van der Waals surface area contributed by atoms with Crippen LogP contribution < -0.4 is 18.9 Å². The summed E-state index contributed by atoms with van der Waals surface area (Å²) in [4.78, 5) is 0. The first kappa shape index (κ1) is 14.7. The lowest BCUT2D eigenvalue weighted by atomic mass is 9.76. The molecule has 3 atom stereocenters. The Morgan fingerprint density at radius 2 is 1.38 bits per heavy atom. The highest BCUT2D eigenvalue weighted by atomic mass is 16.7. The largest absolute Gasteiger partial charge is 0.454 e. The zero-order valence-electron chi connectivity index (χ0n) is 14.4. The zero-order chi connectivity index (χ0) is 17.1. The van der Waals surface area contributed by atoms with Crippen LogP contribution in [-0.4, -0.2) is 19.7 Å². The molecule has 1 aliphatic carbocycles. The summed E-state index contributed by atoms with van der Waals surface area (Å²) in [5.41, 5.74) is 3.64. The second kappa shape index (κ2) is 5.55. The zero-order valence-corrected chi connectivity index (χ0v) is 14.4. The molecule has 3 heterocycles. The molecule has 5 nitrogen and oxygen atoms in total. The van der Waals surface area contributed by atoms with Crippen molar-refractivity contribution in [3.8, 4) is 23.0 Å². The van der Waals surface area contributed by atoms with E-state index in [4.69, 9.17) is 23.7 Å². The maximum atomic E-state index is 6.63. The van der Waals surface area contributed by atoms with Gasteiger partial charge in [0.1, 0.15) is 6.10 Å². The molecule has 0 amide bonds. The average molecular weight is 352 g/mol. The van der Waals surface area contributed by atoms with E-state index in [0.717, 1.165) is 35.0 Å². The van der Waals surface area contributed by atoms with Gasteiger partial charge >= 0.3 is 0 Å². The van der Waals surface area contributed by atoms with Crippen LogP contribution >= 0.6 is 0 Å². The van der Waals surface area contributed by atoms with Crippen LogP contribution in [0.3, 0.4) is 0 Å². The predicted molar refractivity (Wildman–Crippen MR) is 93.1 cm³/mol. The van der Waals surface area contributed by atoms with Gasteiger partial charge in [0.15, 0.2) is 23.0 Å². The van der Waals surface area contributed by atoms with Crippen LogP contribution in [0.25, 0.3) is 0 Å². The predicted octanol–water partition coefficient (Wildman–Crippen LogP) is 4.29. The lowest BCUT2D eigenvalue weighted by molar-refractivity contribution is -0.0390. The summed E-state index contributed by atoms with van der Waals surface area (Å²) >= 11 is 0. The van der Waals surface area contributed by atoms with Gasteiger partial charge in [0.2, 0.25) is 13.6 Å². The van der Waals surface area contributed by atoms with Gasteiger partial charge in [0, 0.05) is 5.92 Å². The molecule has 2 aromatic carbocycles. The van der Waals surface area contributed by atoms with Crippen LogP contribution in [-0.2, 0) is 4.74 Å². The second-order valence-electron chi connectivity index (χ2n) is 7.39. The Bertz CT molecular complexity index is 877. The molecule has 0 aromatic heterocycles. The normalized spacial score (nSPS) is 27.8. The summed E-state index contributed by atoms with van der Waals surface area (Å²) in [6, 6.07) is 10.4. The topological polar surface area (TPSA) is 46.2 Å². The van der Waals surface area contributed by atoms with E-state index in [-0.39, 0.29) is 19.0 Å². The minimum Gasteiger partial charge on any atom is -0.454 e. The molecular formula is C21H20O5. The molecule has 0 saturated heterocycles. The molecule has 0 radical (unpaired) electrons. The third-order valence-electron chi connectivity index (χ3n) is 5.97. The van der Waals surface area contributed by atoms with Crippen LogP contribution in [0.2, 0.25) is 0 Å². The first-order chi connectivity index (χ1) is 12.9. The Balaban J connectivity index is 1.49. The van der Waals surface area contributed by atoms with E-state index < -0.39 is 0 Å². The number of benzene rings is 2. The van der Waals surface area contributed by atoms with Gasteiger partial charge in [-0.1, -0.05) is 18.9 Å². The van der Waals surface area contributed by atoms with Crippen molar-refractivity contribution < 1.29 is 23.7 Å². The SMILES string of the molecule is c1cc2c(cc1[C@@H]1O[C@@H]3CCCC[C@@H]3c3cc4c(cc31)OCO4)OCO2. The molecule has 134 valence electrons. The molecule has 0 N–H and O–H groups in total. The van der Waals surface area contributed by atoms with Gasteiger partial charge in [0.25, 0.3) is 0 Å². The van der Waals surface area contributed by atoms with Crippen molar-refractivity contribution in [3.63, 3.8) is 0 Å². The second-order valence-corrected chi connectivity index (χ2v) is 7.39. The lowest BCUT2D eigenvalue weighted by Gasteiger charge is -2.41. The van der Waals surface area contributed by atoms with Crippen LogP contribution in [0.5, 0.6) is 23.0 Å². The Morgan fingerprint density at radius 3 is 2.23 bits per heavy atom. The molecule has 0 unspecified atom stereocenters. The van der Waals surface area contributed by atoms with Crippen LogP contribution in [0, 0.1) is 0 Å². The Hall–Kier alpha value is -2.40. The molecule has 2 aromatic rings. The van der Waals surface area contributed by atoms with Gasteiger partial charge in [-0.25, -0.2) is 0 Å². The molecule has 26 heavy (non-hydrogen) atoms. The van der Waals surface area contributed by atoms with Gasteiger partial charge in [-0.2, -0.15) is 0 Å². The quantitative estimate of drug-likeness (QED) is 0.766. The number of ether oxygens (including phenoxy) is 5. The number of hydrogen-bond acceptors (Lipinski definition) is 5. The van der Waals surface area contributed by atoms with Crippen LogP contribution in [0.4, 0.5) is 0 Å². The minimum atomic E-state index is -0.117. The van der Waals surface area contributed by atoms with Gasteiger partial charge in [-0.15, -0.1) is 0 Å². The summed E-state index contributed by atoms with van der Waals surface area (Å²) in [5, 5.41) is 0. The van der Waals surface area contributed by atoms with E-state index in [9.17, 15) is 0 Å². The molecule has 5 heteroatoms. The fourth-order valence-electron chi connectivity index (χ4n) is 4.72. The summed E-state index contributed by atoms with van der Waals surface area (Å²) in [6.45, 7) is 0.576. The standard InChI is InChI=1S/C21H20O5/c1-2-4-16-13(3-1)14-8-19-20(25-11-24-19)9-15(14)21(26-16)12-5-6-17-18(7-12)23-10-22-17/h5-9,13,16,21H,1-4,10-11H2/t13-,16-,21+/m1/s1.